The minimum Gasteiger partial charge on any atom is -0.465 e. The molecule has 0 atom stereocenters. The first-order valence-electron chi connectivity index (χ1n) is 10.8. The number of esters is 1. The Kier molecular flexibility index (Phi) is 6.21. The molecule has 5 rings (SSSR count). The van der Waals surface area contributed by atoms with Gasteiger partial charge in [-0.2, -0.15) is 0 Å². The molecule has 0 aliphatic heterocycles. The van der Waals surface area contributed by atoms with E-state index in [1.807, 2.05) is 36.4 Å². The number of aryl methyl sites for hydroxylation is 1. The summed E-state index contributed by atoms with van der Waals surface area (Å²) < 4.78 is 6.48. The van der Waals surface area contributed by atoms with E-state index in [-0.39, 0.29) is 17.2 Å². The van der Waals surface area contributed by atoms with E-state index in [2.05, 4.69) is 10.3 Å². The van der Waals surface area contributed by atoms with Gasteiger partial charge in [-0.15, -0.1) is 11.3 Å². The number of para-hydroxylation sites is 2. The third kappa shape index (κ3) is 4.12. The van der Waals surface area contributed by atoms with Crippen molar-refractivity contribution in [3.63, 3.8) is 0 Å². The number of nitrogens with one attached hydrogen (secondary N) is 1. The van der Waals surface area contributed by atoms with Crippen LogP contribution in [0.25, 0.3) is 16.6 Å². The van der Waals surface area contributed by atoms with Crippen LogP contribution < -0.4 is 10.9 Å². The molecule has 1 aliphatic carbocycles. The van der Waals surface area contributed by atoms with Gasteiger partial charge in [0.15, 0.2) is 5.16 Å². The minimum absolute atomic E-state index is 0.0286. The summed E-state index contributed by atoms with van der Waals surface area (Å²) in [4.78, 5) is 44.3. The van der Waals surface area contributed by atoms with Gasteiger partial charge in [-0.1, -0.05) is 42.1 Å². The van der Waals surface area contributed by atoms with E-state index in [9.17, 15) is 14.4 Å². The molecule has 2 heterocycles. The smallest absolute Gasteiger partial charge is 0.341 e. The molecule has 1 amide bonds. The number of benzene rings is 2. The molecule has 0 fully saturated rings. The lowest BCUT2D eigenvalue weighted by Gasteiger charge is -2.13. The van der Waals surface area contributed by atoms with Crippen LogP contribution in [0.5, 0.6) is 0 Å². The predicted molar refractivity (Wildman–Crippen MR) is 134 cm³/mol. The van der Waals surface area contributed by atoms with Crippen LogP contribution in [0.4, 0.5) is 5.00 Å². The van der Waals surface area contributed by atoms with Crippen LogP contribution in [0.2, 0.25) is 0 Å². The monoisotopic (exact) mass is 491 g/mol. The zero-order chi connectivity index (χ0) is 23.7. The van der Waals surface area contributed by atoms with Crippen LogP contribution in [0, 0.1) is 0 Å². The second-order valence-corrected chi connectivity index (χ2v) is 9.83. The number of ether oxygens (including phenoxy) is 1. The van der Waals surface area contributed by atoms with Crippen LogP contribution in [-0.4, -0.2) is 34.3 Å². The fourth-order valence-corrected chi connectivity index (χ4v) is 6.22. The number of fused-ring (bicyclic) bond motifs is 2. The third-order valence-electron chi connectivity index (χ3n) is 5.66. The van der Waals surface area contributed by atoms with Crippen molar-refractivity contribution in [2.24, 2.45) is 0 Å². The Morgan fingerprint density at radius 2 is 1.88 bits per heavy atom. The Morgan fingerprint density at radius 1 is 1.12 bits per heavy atom. The summed E-state index contributed by atoms with van der Waals surface area (Å²) in [6.45, 7) is 0. The van der Waals surface area contributed by atoms with Gasteiger partial charge in [0.25, 0.3) is 5.56 Å². The van der Waals surface area contributed by atoms with E-state index >= 15 is 0 Å². The van der Waals surface area contributed by atoms with Crippen molar-refractivity contribution in [1.82, 2.24) is 9.55 Å². The van der Waals surface area contributed by atoms with Crippen molar-refractivity contribution in [2.75, 3.05) is 18.2 Å². The maximum atomic E-state index is 13.3. The highest BCUT2D eigenvalue weighted by Gasteiger charge is 2.28. The number of hydrogen-bond acceptors (Lipinski definition) is 7. The summed E-state index contributed by atoms with van der Waals surface area (Å²) in [6.07, 6.45) is 2.71. The number of hydrogen-bond donors (Lipinski definition) is 1. The average Bonchev–Trinajstić information content (AvgIpc) is 3.44. The summed E-state index contributed by atoms with van der Waals surface area (Å²) >= 11 is 2.61. The van der Waals surface area contributed by atoms with E-state index in [1.54, 1.807) is 18.2 Å². The van der Waals surface area contributed by atoms with Gasteiger partial charge in [0.1, 0.15) is 5.00 Å². The Morgan fingerprint density at radius 3 is 2.68 bits per heavy atom. The number of amides is 1. The molecule has 34 heavy (non-hydrogen) atoms. The molecule has 172 valence electrons. The Hall–Kier alpha value is -3.43. The zero-order valence-electron chi connectivity index (χ0n) is 18.4. The molecule has 9 heteroatoms. The molecule has 1 N–H and O–H groups in total. The summed E-state index contributed by atoms with van der Waals surface area (Å²) in [7, 11) is 1.34. The second-order valence-electron chi connectivity index (χ2n) is 7.78. The molecule has 0 bridgehead atoms. The maximum absolute atomic E-state index is 13.3. The number of carbonyl (C=O) groups excluding carboxylic acids is 2. The van der Waals surface area contributed by atoms with E-state index in [4.69, 9.17) is 4.74 Å². The number of carbonyl (C=O) groups is 2. The lowest BCUT2D eigenvalue weighted by atomic mass is 10.1. The summed E-state index contributed by atoms with van der Waals surface area (Å²) in [6, 6.07) is 16.4. The molecule has 2 aromatic heterocycles. The van der Waals surface area contributed by atoms with Gasteiger partial charge in [-0.3, -0.25) is 14.2 Å². The molecule has 0 radical (unpaired) electrons. The van der Waals surface area contributed by atoms with Crippen LogP contribution >= 0.6 is 23.1 Å². The molecular weight excluding hydrogens is 470 g/mol. The van der Waals surface area contributed by atoms with E-state index < -0.39 is 5.97 Å². The number of rotatable bonds is 6. The van der Waals surface area contributed by atoms with Crippen LogP contribution in [0.1, 0.15) is 27.2 Å². The standard InChI is InChI=1S/C25H21N3O4S2/c1-32-24(31)21-17-11-7-13-19(17)34-22(21)27-20(29)14-33-25-26-18-12-6-5-10-16(18)23(30)28(25)15-8-3-2-4-9-15/h2-6,8-10,12H,7,11,13-14H2,1H3,(H,27,29). The van der Waals surface area contributed by atoms with Gasteiger partial charge in [-0.25, -0.2) is 9.78 Å². The molecule has 0 saturated carbocycles. The largest absolute Gasteiger partial charge is 0.465 e. The zero-order valence-corrected chi connectivity index (χ0v) is 20.0. The van der Waals surface area contributed by atoms with Crippen molar-refractivity contribution < 1.29 is 14.3 Å². The van der Waals surface area contributed by atoms with Gasteiger partial charge in [0, 0.05) is 4.88 Å². The first-order valence-corrected chi connectivity index (χ1v) is 12.6. The van der Waals surface area contributed by atoms with Crippen LogP contribution in [0.15, 0.2) is 64.5 Å². The highest BCUT2D eigenvalue weighted by molar-refractivity contribution is 7.99. The first kappa shape index (κ1) is 22.4. The van der Waals surface area contributed by atoms with E-state index in [1.165, 1.54) is 34.8 Å². The molecule has 0 spiro atoms. The number of anilines is 1. The van der Waals surface area contributed by atoms with E-state index in [0.29, 0.717) is 32.3 Å². The van der Waals surface area contributed by atoms with Crippen molar-refractivity contribution in [2.45, 2.75) is 24.4 Å². The van der Waals surface area contributed by atoms with Gasteiger partial charge in [0.2, 0.25) is 5.91 Å². The summed E-state index contributed by atoms with van der Waals surface area (Å²) in [5.74, 6) is -0.686. The van der Waals surface area contributed by atoms with E-state index in [0.717, 1.165) is 29.7 Å². The summed E-state index contributed by atoms with van der Waals surface area (Å²) in [5.41, 5.74) is 2.50. The lowest BCUT2D eigenvalue weighted by molar-refractivity contribution is -0.113. The Balaban J connectivity index is 1.43. The Labute approximate surface area is 203 Å². The van der Waals surface area contributed by atoms with Gasteiger partial charge in [0.05, 0.1) is 35.0 Å². The maximum Gasteiger partial charge on any atom is 0.341 e. The topological polar surface area (TPSA) is 90.3 Å². The average molecular weight is 492 g/mol. The molecule has 2 aromatic carbocycles. The van der Waals surface area contributed by atoms with Crippen molar-refractivity contribution in [1.29, 1.82) is 0 Å². The second kappa shape index (κ2) is 9.44. The number of thioether (sulfide) groups is 1. The quantitative estimate of drug-likeness (QED) is 0.243. The third-order valence-corrected chi connectivity index (χ3v) is 7.80. The SMILES string of the molecule is COC(=O)c1c(NC(=O)CSc2nc3ccccc3c(=O)n2-c2ccccc2)sc2c1CCC2. The molecule has 0 saturated heterocycles. The number of thiophene rings is 1. The van der Waals surface area contributed by atoms with Gasteiger partial charge < -0.3 is 10.1 Å². The van der Waals surface area contributed by atoms with Crippen LogP contribution in [0.3, 0.4) is 0 Å². The highest BCUT2D eigenvalue weighted by Crippen LogP contribution is 2.39. The number of aromatic nitrogens is 2. The predicted octanol–water partition coefficient (Wildman–Crippen LogP) is 4.45. The molecule has 0 unspecified atom stereocenters. The van der Waals surface area contributed by atoms with Gasteiger partial charge in [-0.05, 0) is 49.1 Å². The fraction of sp³-hybridized carbons (Fsp3) is 0.200. The van der Waals surface area contributed by atoms with Crippen molar-refractivity contribution >= 4 is 50.9 Å². The summed E-state index contributed by atoms with van der Waals surface area (Å²) in [5, 5.41) is 4.33. The number of nitrogens with zero attached hydrogens (tertiary/aromatic N) is 2. The van der Waals surface area contributed by atoms with Crippen molar-refractivity contribution in [3.05, 3.63) is 81.0 Å². The van der Waals surface area contributed by atoms with Gasteiger partial charge >= 0.3 is 5.97 Å². The number of methoxy groups -OCH3 is 1. The normalized spacial score (nSPS) is 12.5. The fourth-order valence-electron chi connectivity index (χ4n) is 4.12. The molecule has 4 aromatic rings. The first-order chi connectivity index (χ1) is 16.6. The lowest BCUT2D eigenvalue weighted by Crippen LogP contribution is -2.23. The molecular formula is C25H21N3O4S2. The Bertz CT molecular complexity index is 1460. The highest BCUT2D eigenvalue weighted by atomic mass is 32.2. The molecule has 7 nitrogen and oxygen atoms in total. The molecule has 1 aliphatic rings. The minimum atomic E-state index is -0.434. The van der Waals surface area contributed by atoms with Crippen LogP contribution in [-0.2, 0) is 22.4 Å². The van der Waals surface area contributed by atoms with Crippen molar-refractivity contribution in [3.8, 4) is 5.69 Å².